The molecule has 0 aromatic heterocycles. The van der Waals surface area contributed by atoms with Crippen LogP contribution in [-0.2, 0) is 4.79 Å². The number of rotatable bonds is 3. The van der Waals surface area contributed by atoms with Crippen molar-refractivity contribution in [2.75, 3.05) is 0 Å². The Morgan fingerprint density at radius 3 is 2.08 bits per heavy atom. The average Bonchev–Trinajstić information content (AvgIpc) is 2.83. The number of benzene rings is 2. The van der Waals surface area contributed by atoms with Gasteiger partial charge in [0.25, 0.3) is 5.91 Å². The Hall–Kier alpha value is -1.66. The van der Waals surface area contributed by atoms with Crippen molar-refractivity contribution in [3.05, 3.63) is 74.6 Å². The lowest BCUT2D eigenvalue weighted by Gasteiger charge is -2.06. The van der Waals surface area contributed by atoms with Crippen LogP contribution in [-0.4, -0.2) is 21.5 Å². The number of carbonyl (C=O) groups is 1. The summed E-state index contributed by atoms with van der Waals surface area (Å²) in [5, 5.41) is 6.69. The van der Waals surface area contributed by atoms with Crippen LogP contribution in [0, 0.1) is 0 Å². The SMILES string of the molecule is O=C1/C(=C/c2ccc(Cl)cc2)SC(=S)N1N=Cc1ccc(Cl)cc1. The van der Waals surface area contributed by atoms with Gasteiger partial charge in [0.05, 0.1) is 11.1 Å². The lowest BCUT2D eigenvalue weighted by Crippen LogP contribution is -2.22. The smallest absolute Gasteiger partial charge is 0.266 e. The van der Waals surface area contributed by atoms with E-state index in [4.69, 9.17) is 35.4 Å². The average molecular weight is 393 g/mol. The third-order valence-corrected chi connectivity index (χ3v) is 4.92. The van der Waals surface area contributed by atoms with Crippen LogP contribution in [0.25, 0.3) is 6.08 Å². The topological polar surface area (TPSA) is 32.7 Å². The van der Waals surface area contributed by atoms with Gasteiger partial charge in [0, 0.05) is 10.0 Å². The van der Waals surface area contributed by atoms with E-state index in [0.717, 1.165) is 11.1 Å². The second-order valence-corrected chi connectivity index (χ2v) is 7.39. The van der Waals surface area contributed by atoms with Crippen LogP contribution in [0.5, 0.6) is 0 Å². The van der Waals surface area contributed by atoms with E-state index in [2.05, 4.69) is 5.10 Å². The quantitative estimate of drug-likeness (QED) is 0.407. The summed E-state index contributed by atoms with van der Waals surface area (Å²) in [6.45, 7) is 0. The Morgan fingerprint density at radius 1 is 0.958 bits per heavy atom. The molecule has 1 amide bonds. The van der Waals surface area contributed by atoms with Crippen LogP contribution in [0.1, 0.15) is 11.1 Å². The number of amides is 1. The number of nitrogens with zero attached hydrogens (tertiary/aromatic N) is 2. The van der Waals surface area contributed by atoms with E-state index >= 15 is 0 Å². The fourth-order valence-electron chi connectivity index (χ4n) is 1.94. The summed E-state index contributed by atoms with van der Waals surface area (Å²) in [5.74, 6) is -0.245. The lowest BCUT2D eigenvalue weighted by atomic mass is 10.2. The zero-order valence-electron chi connectivity index (χ0n) is 12.1. The highest BCUT2D eigenvalue weighted by molar-refractivity contribution is 8.26. The van der Waals surface area contributed by atoms with Gasteiger partial charge in [-0.15, -0.1) is 0 Å². The fourth-order valence-corrected chi connectivity index (χ4v) is 3.37. The number of carbonyl (C=O) groups excluding carboxylic acids is 1. The van der Waals surface area contributed by atoms with Crippen molar-refractivity contribution < 1.29 is 4.79 Å². The summed E-state index contributed by atoms with van der Waals surface area (Å²) in [7, 11) is 0. The van der Waals surface area contributed by atoms with Crippen molar-refractivity contribution in [2.45, 2.75) is 0 Å². The first-order valence-electron chi connectivity index (χ1n) is 6.86. The molecule has 3 rings (SSSR count). The van der Waals surface area contributed by atoms with E-state index in [1.54, 1.807) is 36.6 Å². The summed E-state index contributed by atoms with van der Waals surface area (Å²) >= 11 is 18.2. The molecule has 1 saturated heterocycles. The molecule has 0 aliphatic carbocycles. The summed E-state index contributed by atoms with van der Waals surface area (Å²) in [5.41, 5.74) is 1.71. The van der Waals surface area contributed by atoms with E-state index in [-0.39, 0.29) is 5.91 Å². The molecule has 7 heteroatoms. The molecule has 2 aromatic rings. The number of hydrogen-bond donors (Lipinski definition) is 0. The number of hydrazone groups is 1. The number of thiocarbonyl (C=S) groups is 1. The molecule has 1 fully saturated rings. The number of thioether (sulfide) groups is 1. The first-order valence-corrected chi connectivity index (χ1v) is 8.84. The van der Waals surface area contributed by atoms with Gasteiger partial charge < -0.3 is 0 Å². The second-order valence-electron chi connectivity index (χ2n) is 4.84. The van der Waals surface area contributed by atoms with E-state index in [1.165, 1.54) is 16.8 Å². The van der Waals surface area contributed by atoms with Gasteiger partial charge in [0.15, 0.2) is 4.32 Å². The van der Waals surface area contributed by atoms with Crippen molar-refractivity contribution in [3.63, 3.8) is 0 Å². The second kappa shape index (κ2) is 7.49. The standard InChI is InChI=1S/C17H10Cl2N2OS2/c18-13-5-1-11(2-6-13)9-15-16(22)21(17(23)24-15)20-10-12-3-7-14(19)8-4-12/h1-10H/b15-9-,20-10?. The molecule has 1 aliphatic heterocycles. The maximum absolute atomic E-state index is 12.5. The van der Waals surface area contributed by atoms with Crippen LogP contribution < -0.4 is 0 Å². The van der Waals surface area contributed by atoms with Crippen molar-refractivity contribution >= 4 is 69.7 Å². The predicted octanol–water partition coefficient (Wildman–Crippen LogP) is 5.23. The van der Waals surface area contributed by atoms with Crippen molar-refractivity contribution in [2.24, 2.45) is 5.10 Å². The Bertz CT molecular complexity index is 846. The summed E-state index contributed by atoms with van der Waals surface area (Å²) in [4.78, 5) is 13.0. The van der Waals surface area contributed by atoms with Crippen molar-refractivity contribution in [1.82, 2.24) is 5.01 Å². The highest BCUT2D eigenvalue weighted by atomic mass is 35.5. The summed E-state index contributed by atoms with van der Waals surface area (Å²) in [6.07, 6.45) is 3.35. The van der Waals surface area contributed by atoms with Crippen LogP contribution in [0.2, 0.25) is 10.0 Å². The van der Waals surface area contributed by atoms with Crippen LogP contribution in [0.4, 0.5) is 0 Å². The number of hydrogen-bond acceptors (Lipinski definition) is 4. The minimum absolute atomic E-state index is 0.245. The maximum Gasteiger partial charge on any atom is 0.286 e. The Morgan fingerprint density at radius 2 is 1.50 bits per heavy atom. The summed E-state index contributed by atoms with van der Waals surface area (Å²) in [6, 6.07) is 14.4. The first-order chi connectivity index (χ1) is 11.5. The van der Waals surface area contributed by atoms with E-state index in [1.807, 2.05) is 24.3 Å². The molecule has 1 heterocycles. The lowest BCUT2D eigenvalue weighted by molar-refractivity contribution is -0.122. The molecule has 1 aliphatic rings. The minimum Gasteiger partial charge on any atom is -0.266 e. The molecular formula is C17H10Cl2N2OS2. The molecule has 0 N–H and O–H groups in total. The molecule has 0 unspecified atom stereocenters. The van der Waals surface area contributed by atoms with E-state index < -0.39 is 0 Å². The molecule has 0 radical (unpaired) electrons. The van der Waals surface area contributed by atoms with Gasteiger partial charge in [-0.3, -0.25) is 4.79 Å². The van der Waals surface area contributed by atoms with E-state index in [0.29, 0.717) is 19.3 Å². The van der Waals surface area contributed by atoms with Crippen molar-refractivity contribution in [3.8, 4) is 0 Å². The van der Waals surface area contributed by atoms with Crippen LogP contribution in [0.3, 0.4) is 0 Å². The van der Waals surface area contributed by atoms with Crippen LogP contribution >= 0.6 is 47.2 Å². The molecule has 3 nitrogen and oxygen atoms in total. The maximum atomic E-state index is 12.5. The summed E-state index contributed by atoms with van der Waals surface area (Å²) < 4.78 is 0.394. The van der Waals surface area contributed by atoms with Gasteiger partial charge in [0.2, 0.25) is 0 Å². The Kier molecular flexibility index (Phi) is 5.36. The molecule has 0 atom stereocenters. The minimum atomic E-state index is -0.245. The predicted molar refractivity (Wildman–Crippen MR) is 106 cm³/mol. The van der Waals surface area contributed by atoms with Gasteiger partial charge in [-0.25, -0.2) is 0 Å². The zero-order chi connectivity index (χ0) is 17.1. The zero-order valence-corrected chi connectivity index (χ0v) is 15.3. The van der Waals surface area contributed by atoms with Gasteiger partial charge in [-0.2, -0.15) is 10.1 Å². The normalized spacial score (nSPS) is 16.6. The monoisotopic (exact) mass is 392 g/mol. The van der Waals surface area contributed by atoms with Gasteiger partial charge in [-0.1, -0.05) is 59.2 Å². The Labute approximate surface area is 158 Å². The highest BCUT2D eigenvalue weighted by Gasteiger charge is 2.31. The van der Waals surface area contributed by atoms with Gasteiger partial charge >= 0.3 is 0 Å². The van der Waals surface area contributed by atoms with Gasteiger partial charge in [-0.05, 0) is 53.7 Å². The molecule has 0 spiro atoms. The largest absolute Gasteiger partial charge is 0.286 e. The third kappa shape index (κ3) is 4.05. The van der Waals surface area contributed by atoms with Crippen molar-refractivity contribution in [1.29, 1.82) is 0 Å². The molecular weight excluding hydrogens is 383 g/mol. The molecule has 2 aromatic carbocycles. The van der Waals surface area contributed by atoms with Gasteiger partial charge in [0.1, 0.15) is 0 Å². The molecule has 120 valence electrons. The van der Waals surface area contributed by atoms with Crippen LogP contribution in [0.15, 0.2) is 58.5 Å². The molecule has 0 saturated carbocycles. The fraction of sp³-hybridized carbons (Fsp3) is 0. The first kappa shape index (κ1) is 17.2. The molecule has 24 heavy (non-hydrogen) atoms. The molecule has 0 bridgehead atoms. The number of halogens is 2. The third-order valence-electron chi connectivity index (χ3n) is 3.13. The highest BCUT2D eigenvalue weighted by Crippen LogP contribution is 2.32. The Balaban J connectivity index is 1.78. The van der Waals surface area contributed by atoms with E-state index in [9.17, 15) is 4.79 Å².